The first-order valence-corrected chi connectivity index (χ1v) is 6.98. The van der Waals surface area contributed by atoms with Crippen LogP contribution in [0.5, 0.6) is 0 Å². The molecule has 0 saturated carbocycles. The number of thiophene rings is 1. The molecule has 0 aliphatic heterocycles. The predicted octanol–water partition coefficient (Wildman–Crippen LogP) is 1.18. The number of nitrogens with one attached hydrogen (secondary N) is 1. The molecule has 3 aromatic heterocycles. The lowest BCUT2D eigenvalue weighted by Gasteiger charge is -2.01. The number of aromatic nitrogens is 3. The van der Waals surface area contributed by atoms with Crippen molar-refractivity contribution in [1.82, 2.24) is 19.9 Å². The van der Waals surface area contributed by atoms with E-state index in [4.69, 9.17) is 5.73 Å². The number of pyridine rings is 1. The van der Waals surface area contributed by atoms with Crippen molar-refractivity contribution in [3.05, 3.63) is 52.1 Å². The maximum atomic E-state index is 11.0. The minimum absolute atomic E-state index is 0.393. The van der Waals surface area contributed by atoms with Gasteiger partial charge in [-0.1, -0.05) is 6.07 Å². The summed E-state index contributed by atoms with van der Waals surface area (Å²) >= 11 is 1.51. The van der Waals surface area contributed by atoms with E-state index in [1.807, 2.05) is 34.9 Å². The molecule has 7 heteroatoms. The number of rotatable bonds is 5. The van der Waals surface area contributed by atoms with Crippen LogP contribution in [0.1, 0.15) is 21.1 Å². The van der Waals surface area contributed by atoms with Crippen LogP contribution in [0.2, 0.25) is 0 Å². The smallest absolute Gasteiger partial charge is 0.249 e. The number of hydrogen-bond donors (Lipinski definition) is 2. The average Bonchev–Trinajstić information content (AvgIpc) is 3.06. The fraction of sp³-hybridized carbons (Fsp3) is 0.154. The molecule has 0 atom stereocenters. The van der Waals surface area contributed by atoms with Gasteiger partial charge in [-0.05, 0) is 18.2 Å². The Kier molecular flexibility index (Phi) is 3.44. The summed E-state index contributed by atoms with van der Waals surface area (Å²) in [5.41, 5.74) is 6.61. The van der Waals surface area contributed by atoms with E-state index in [-0.39, 0.29) is 0 Å². The maximum absolute atomic E-state index is 11.0. The standard InChI is InChI=1S/C13H13N5OS/c14-13(19)9-5-10(20-8-9)6-15-7-12-17-16-11-3-1-2-4-18(11)12/h1-5,8,15H,6-7H2,(H2,14,19). The van der Waals surface area contributed by atoms with E-state index in [1.165, 1.54) is 11.3 Å². The van der Waals surface area contributed by atoms with Gasteiger partial charge in [0, 0.05) is 23.0 Å². The minimum atomic E-state index is -0.393. The van der Waals surface area contributed by atoms with Crippen molar-refractivity contribution in [2.75, 3.05) is 0 Å². The van der Waals surface area contributed by atoms with Gasteiger partial charge < -0.3 is 11.1 Å². The highest BCUT2D eigenvalue weighted by Gasteiger charge is 2.06. The van der Waals surface area contributed by atoms with Crippen LogP contribution in [-0.4, -0.2) is 20.5 Å². The van der Waals surface area contributed by atoms with E-state index >= 15 is 0 Å². The van der Waals surface area contributed by atoms with Crippen LogP contribution in [0.3, 0.4) is 0 Å². The summed E-state index contributed by atoms with van der Waals surface area (Å²) in [6.45, 7) is 1.27. The molecule has 3 aromatic rings. The molecule has 20 heavy (non-hydrogen) atoms. The zero-order chi connectivity index (χ0) is 13.9. The van der Waals surface area contributed by atoms with Gasteiger partial charge in [-0.15, -0.1) is 21.5 Å². The molecule has 6 nitrogen and oxygen atoms in total. The fourth-order valence-electron chi connectivity index (χ4n) is 1.91. The number of carbonyl (C=O) groups is 1. The number of primary amides is 1. The number of carbonyl (C=O) groups excluding carboxylic acids is 1. The molecule has 102 valence electrons. The van der Waals surface area contributed by atoms with Crippen molar-refractivity contribution >= 4 is 22.9 Å². The van der Waals surface area contributed by atoms with Gasteiger partial charge in [0.15, 0.2) is 11.5 Å². The lowest BCUT2D eigenvalue weighted by atomic mass is 10.3. The second-order valence-corrected chi connectivity index (χ2v) is 5.31. The molecule has 0 unspecified atom stereocenters. The fourth-order valence-corrected chi connectivity index (χ4v) is 2.75. The Bertz CT molecular complexity index is 748. The highest BCUT2D eigenvalue weighted by molar-refractivity contribution is 7.10. The second kappa shape index (κ2) is 5.40. The molecule has 3 rings (SSSR count). The first kappa shape index (κ1) is 12.8. The van der Waals surface area contributed by atoms with E-state index in [1.54, 1.807) is 5.38 Å². The molecule has 3 N–H and O–H groups in total. The van der Waals surface area contributed by atoms with Gasteiger partial charge in [-0.2, -0.15) is 0 Å². The van der Waals surface area contributed by atoms with Crippen molar-refractivity contribution < 1.29 is 4.79 Å². The monoisotopic (exact) mass is 287 g/mol. The average molecular weight is 287 g/mol. The molecule has 0 saturated heterocycles. The lowest BCUT2D eigenvalue weighted by Crippen LogP contribution is -2.14. The Hall–Kier alpha value is -2.25. The predicted molar refractivity (Wildman–Crippen MR) is 76.4 cm³/mol. The molecular weight excluding hydrogens is 274 g/mol. The Morgan fingerprint density at radius 1 is 1.35 bits per heavy atom. The van der Waals surface area contributed by atoms with E-state index in [0.717, 1.165) is 16.3 Å². The highest BCUT2D eigenvalue weighted by Crippen LogP contribution is 2.14. The van der Waals surface area contributed by atoms with Crippen molar-refractivity contribution in [2.45, 2.75) is 13.1 Å². The zero-order valence-corrected chi connectivity index (χ0v) is 11.4. The van der Waals surface area contributed by atoms with Gasteiger partial charge in [0.25, 0.3) is 0 Å². The molecule has 3 heterocycles. The van der Waals surface area contributed by atoms with Crippen LogP contribution in [0.25, 0.3) is 5.65 Å². The first-order valence-electron chi connectivity index (χ1n) is 6.10. The third-order valence-corrected chi connectivity index (χ3v) is 3.84. The number of hydrogen-bond acceptors (Lipinski definition) is 5. The van der Waals surface area contributed by atoms with Gasteiger partial charge in [0.05, 0.1) is 12.1 Å². The summed E-state index contributed by atoms with van der Waals surface area (Å²) in [6, 6.07) is 7.59. The molecule has 0 aliphatic carbocycles. The van der Waals surface area contributed by atoms with Crippen molar-refractivity contribution in [1.29, 1.82) is 0 Å². The number of nitrogens with two attached hydrogens (primary N) is 1. The van der Waals surface area contributed by atoms with Gasteiger partial charge in [0.2, 0.25) is 5.91 Å². The Morgan fingerprint density at radius 2 is 2.25 bits per heavy atom. The largest absolute Gasteiger partial charge is 0.366 e. The Labute approximate surface area is 119 Å². The molecule has 1 amide bonds. The lowest BCUT2D eigenvalue weighted by molar-refractivity contribution is 0.100. The summed E-state index contributed by atoms with van der Waals surface area (Å²) in [7, 11) is 0. The number of fused-ring (bicyclic) bond motifs is 1. The van der Waals surface area contributed by atoms with E-state index in [0.29, 0.717) is 18.7 Å². The first-order chi connectivity index (χ1) is 9.74. The van der Waals surface area contributed by atoms with Crippen LogP contribution in [0.15, 0.2) is 35.8 Å². The summed E-state index contributed by atoms with van der Waals surface area (Å²) in [5, 5.41) is 13.3. The number of amides is 1. The van der Waals surface area contributed by atoms with E-state index < -0.39 is 5.91 Å². The molecular formula is C13H13N5OS. The molecule has 0 radical (unpaired) electrons. The molecule has 0 fully saturated rings. The summed E-state index contributed by atoms with van der Waals surface area (Å²) < 4.78 is 1.94. The van der Waals surface area contributed by atoms with Crippen LogP contribution in [0.4, 0.5) is 0 Å². The Balaban J connectivity index is 1.63. The summed E-state index contributed by atoms with van der Waals surface area (Å²) in [6.07, 6.45) is 1.93. The van der Waals surface area contributed by atoms with E-state index in [9.17, 15) is 4.79 Å². The zero-order valence-electron chi connectivity index (χ0n) is 10.6. The number of nitrogens with zero attached hydrogens (tertiary/aromatic N) is 3. The van der Waals surface area contributed by atoms with Crippen molar-refractivity contribution in [3.8, 4) is 0 Å². The van der Waals surface area contributed by atoms with Crippen molar-refractivity contribution in [2.24, 2.45) is 5.73 Å². The molecule has 0 bridgehead atoms. The highest BCUT2D eigenvalue weighted by atomic mass is 32.1. The van der Waals surface area contributed by atoms with Gasteiger partial charge in [-0.25, -0.2) is 0 Å². The normalized spacial score (nSPS) is 11.0. The minimum Gasteiger partial charge on any atom is -0.366 e. The van der Waals surface area contributed by atoms with Gasteiger partial charge in [-0.3, -0.25) is 9.20 Å². The van der Waals surface area contributed by atoms with Crippen LogP contribution in [-0.2, 0) is 13.1 Å². The molecule has 0 aromatic carbocycles. The molecule has 0 spiro atoms. The SMILES string of the molecule is NC(=O)c1csc(CNCc2nnc3ccccn23)c1. The quantitative estimate of drug-likeness (QED) is 0.738. The maximum Gasteiger partial charge on any atom is 0.249 e. The Morgan fingerprint density at radius 3 is 3.05 bits per heavy atom. The second-order valence-electron chi connectivity index (χ2n) is 4.31. The van der Waals surface area contributed by atoms with E-state index in [2.05, 4.69) is 15.5 Å². The van der Waals surface area contributed by atoms with Crippen LogP contribution >= 0.6 is 11.3 Å². The third kappa shape index (κ3) is 2.54. The topological polar surface area (TPSA) is 85.3 Å². The summed E-state index contributed by atoms with van der Waals surface area (Å²) in [4.78, 5) is 12.1. The summed E-state index contributed by atoms with van der Waals surface area (Å²) in [5.74, 6) is 0.461. The van der Waals surface area contributed by atoms with Gasteiger partial charge in [0.1, 0.15) is 0 Å². The van der Waals surface area contributed by atoms with Crippen LogP contribution < -0.4 is 11.1 Å². The van der Waals surface area contributed by atoms with Crippen molar-refractivity contribution in [3.63, 3.8) is 0 Å². The third-order valence-electron chi connectivity index (χ3n) is 2.90. The van der Waals surface area contributed by atoms with Gasteiger partial charge >= 0.3 is 0 Å². The van der Waals surface area contributed by atoms with Crippen LogP contribution in [0, 0.1) is 0 Å². The molecule has 0 aliphatic rings.